The molecular formula is C19H35N7O8S. The number of carboxylic acid groups (broad SMARTS) is 2. The summed E-state index contributed by atoms with van der Waals surface area (Å²) >= 11 is 1.48. The molecular weight excluding hydrogens is 486 g/mol. The van der Waals surface area contributed by atoms with E-state index in [2.05, 4.69) is 20.9 Å². The molecule has 0 saturated heterocycles. The van der Waals surface area contributed by atoms with Crippen LogP contribution in [0.5, 0.6) is 0 Å². The van der Waals surface area contributed by atoms with E-state index in [1.54, 1.807) is 0 Å². The minimum absolute atomic E-state index is 0.0288. The Morgan fingerprint density at radius 1 is 0.886 bits per heavy atom. The maximum atomic E-state index is 12.7. The summed E-state index contributed by atoms with van der Waals surface area (Å²) in [5, 5.41) is 34.5. The average Bonchev–Trinajstić information content (AvgIpc) is 2.79. The predicted octanol–water partition coefficient (Wildman–Crippen LogP) is -3.48. The number of carbonyl (C=O) groups is 5. The molecule has 0 aliphatic carbocycles. The van der Waals surface area contributed by atoms with E-state index in [0.29, 0.717) is 12.2 Å². The van der Waals surface area contributed by atoms with Crippen LogP contribution in [0.4, 0.5) is 0 Å². The monoisotopic (exact) mass is 521 g/mol. The van der Waals surface area contributed by atoms with Crippen LogP contribution in [0.25, 0.3) is 0 Å². The maximum absolute atomic E-state index is 12.7. The van der Waals surface area contributed by atoms with E-state index in [1.165, 1.54) is 11.8 Å². The molecule has 0 aromatic carbocycles. The van der Waals surface area contributed by atoms with Crippen LogP contribution in [-0.4, -0.2) is 100 Å². The van der Waals surface area contributed by atoms with Crippen LogP contribution in [0.3, 0.4) is 0 Å². The molecule has 0 aromatic heterocycles. The van der Waals surface area contributed by atoms with Crippen LogP contribution in [0, 0.1) is 0 Å². The molecule has 200 valence electrons. The summed E-state index contributed by atoms with van der Waals surface area (Å²) in [5.41, 5.74) is 16.3. The smallest absolute Gasteiger partial charge is 0.326 e. The maximum Gasteiger partial charge on any atom is 0.326 e. The van der Waals surface area contributed by atoms with Crippen molar-refractivity contribution in [1.29, 1.82) is 0 Å². The summed E-state index contributed by atoms with van der Waals surface area (Å²) in [5.74, 6) is -4.75. The number of rotatable bonds is 18. The van der Waals surface area contributed by atoms with Gasteiger partial charge in [-0.05, 0) is 37.7 Å². The summed E-state index contributed by atoms with van der Waals surface area (Å²) in [6.07, 6.45) is 1.47. The SMILES string of the molecule is CSCCC(N)C(=O)NC(CO)C(=O)NC(CCCN=C(N)N)C(=O)NC(CCC(=O)O)C(=O)O. The number of aliphatic hydroxyl groups is 1. The molecule has 15 nitrogen and oxygen atoms in total. The fraction of sp³-hybridized carbons (Fsp3) is 0.684. The third kappa shape index (κ3) is 14.0. The average molecular weight is 522 g/mol. The zero-order valence-corrected chi connectivity index (χ0v) is 20.3. The number of hydrogen-bond donors (Lipinski definition) is 9. The second-order valence-electron chi connectivity index (χ2n) is 7.47. The normalized spacial score (nSPS) is 14.0. The third-order valence-corrected chi connectivity index (χ3v) is 5.27. The van der Waals surface area contributed by atoms with Crippen LogP contribution < -0.4 is 33.2 Å². The van der Waals surface area contributed by atoms with Gasteiger partial charge >= 0.3 is 11.9 Å². The minimum atomic E-state index is -1.52. The zero-order chi connectivity index (χ0) is 27.0. The van der Waals surface area contributed by atoms with Crippen LogP contribution in [0.15, 0.2) is 4.99 Å². The number of aliphatic imine (C=N–C) groups is 1. The molecule has 0 spiro atoms. The lowest BCUT2D eigenvalue weighted by molar-refractivity contribution is -0.143. The van der Waals surface area contributed by atoms with Crippen molar-refractivity contribution in [3.05, 3.63) is 0 Å². The Bertz CT molecular complexity index is 763. The predicted molar refractivity (Wildman–Crippen MR) is 128 cm³/mol. The molecule has 4 atom stereocenters. The molecule has 0 fully saturated rings. The Morgan fingerprint density at radius 3 is 1.97 bits per heavy atom. The molecule has 0 aliphatic rings. The molecule has 12 N–H and O–H groups in total. The molecule has 0 aliphatic heterocycles. The van der Waals surface area contributed by atoms with Gasteiger partial charge in [0.05, 0.1) is 12.6 Å². The summed E-state index contributed by atoms with van der Waals surface area (Å²) in [4.78, 5) is 63.5. The van der Waals surface area contributed by atoms with Gasteiger partial charge < -0.3 is 48.5 Å². The van der Waals surface area contributed by atoms with E-state index in [4.69, 9.17) is 22.3 Å². The lowest BCUT2D eigenvalue weighted by Gasteiger charge is -2.24. The lowest BCUT2D eigenvalue weighted by atomic mass is 10.1. The van der Waals surface area contributed by atoms with Crippen molar-refractivity contribution in [3.8, 4) is 0 Å². The van der Waals surface area contributed by atoms with E-state index >= 15 is 0 Å². The summed E-state index contributed by atoms with van der Waals surface area (Å²) in [7, 11) is 0. The Morgan fingerprint density at radius 2 is 1.46 bits per heavy atom. The van der Waals surface area contributed by atoms with Crippen LogP contribution >= 0.6 is 11.8 Å². The van der Waals surface area contributed by atoms with Gasteiger partial charge in [0.15, 0.2) is 5.96 Å². The first-order valence-corrected chi connectivity index (χ1v) is 12.1. The highest BCUT2D eigenvalue weighted by Gasteiger charge is 2.30. The number of guanidine groups is 1. The van der Waals surface area contributed by atoms with E-state index in [-0.39, 0.29) is 31.8 Å². The first-order chi connectivity index (χ1) is 16.4. The van der Waals surface area contributed by atoms with Crippen LogP contribution in [0.1, 0.15) is 32.1 Å². The Balaban J connectivity index is 5.39. The summed E-state index contributed by atoms with van der Waals surface area (Å²) in [6, 6.07) is -5.13. The molecule has 0 aromatic rings. The number of hydrogen-bond acceptors (Lipinski definition) is 9. The quantitative estimate of drug-likeness (QED) is 0.0483. The van der Waals surface area contributed by atoms with Gasteiger partial charge in [0.2, 0.25) is 17.7 Å². The van der Waals surface area contributed by atoms with Gasteiger partial charge in [-0.3, -0.25) is 24.2 Å². The van der Waals surface area contributed by atoms with Gasteiger partial charge in [0, 0.05) is 13.0 Å². The van der Waals surface area contributed by atoms with Crippen molar-refractivity contribution in [3.63, 3.8) is 0 Å². The van der Waals surface area contributed by atoms with Gasteiger partial charge in [-0.1, -0.05) is 0 Å². The number of thioether (sulfide) groups is 1. The van der Waals surface area contributed by atoms with Gasteiger partial charge in [0.25, 0.3) is 0 Å². The molecule has 0 saturated carbocycles. The topological polar surface area (TPSA) is 273 Å². The Labute approximate surface area is 206 Å². The summed E-state index contributed by atoms with van der Waals surface area (Å²) in [6.45, 7) is -0.681. The zero-order valence-electron chi connectivity index (χ0n) is 19.4. The first kappa shape index (κ1) is 31.9. The molecule has 3 amide bonds. The van der Waals surface area contributed by atoms with Crippen molar-refractivity contribution < 1.29 is 39.3 Å². The number of carboxylic acids is 2. The highest BCUT2D eigenvalue weighted by Crippen LogP contribution is 2.04. The minimum Gasteiger partial charge on any atom is -0.481 e. The Kier molecular flexibility index (Phi) is 15.8. The molecule has 0 bridgehead atoms. The van der Waals surface area contributed by atoms with Crippen molar-refractivity contribution >= 4 is 47.4 Å². The van der Waals surface area contributed by atoms with E-state index < -0.39 is 66.9 Å². The Hall–Kier alpha value is -3.11. The van der Waals surface area contributed by atoms with Crippen molar-refractivity contribution in [2.45, 2.75) is 56.3 Å². The van der Waals surface area contributed by atoms with Gasteiger partial charge in [-0.15, -0.1) is 0 Å². The third-order valence-electron chi connectivity index (χ3n) is 4.63. The van der Waals surface area contributed by atoms with Crippen molar-refractivity contribution in [1.82, 2.24) is 16.0 Å². The lowest BCUT2D eigenvalue weighted by Crippen LogP contribution is -2.58. The van der Waals surface area contributed by atoms with Gasteiger partial charge in [-0.25, -0.2) is 4.79 Å². The largest absolute Gasteiger partial charge is 0.481 e. The van der Waals surface area contributed by atoms with E-state index in [0.717, 1.165) is 0 Å². The van der Waals surface area contributed by atoms with E-state index in [9.17, 15) is 34.2 Å². The van der Waals surface area contributed by atoms with Crippen molar-refractivity contribution in [2.75, 3.05) is 25.2 Å². The molecule has 0 radical (unpaired) electrons. The van der Waals surface area contributed by atoms with E-state index in [1.807, 2.05) is 6.26 Å². The number of carbonyl (C=O) groups excluding carboxylic acids is 3. The summed E-state index contributed by atoms with van der Waals surface area (Å²) < 4.78 is 0. The number of nitrogens with two attached hydrogens (primary N) is 3. The molecule has 0 heterocycles. The number of amides is 3. The molecule has 35 heavy (non-hydrogen) atoms. The van der Waals surface area contributed by atoms with Gasteiger partial charge in [0.1, 0.15) is 18.1 Å². The molecule has 4 unspecified atom stereocenters. The standard InChI is InChI=1S/C19H35N7O8S/c1-35-8-6-10(20)15(30)26-13(9-27)17(32)24-11(3-2-7-23-19(21)22)16(31)25-12(18(33)34)4-5-14(28)29/h10-13,27H,2-9,20H2,1H3,(H,24,32)(H,25,31)(H,26,30)(H,28,29)(H,33,34)(H4,21,22,23). The number of nitrogens with one attached hydrogen (secondary N) is 3. The number of aliphatic hydroxyl groups excluding tert-OH is 1. The van der Waals surface area contributed by atoms with Gasteiger partial charge in [-0.2, -0.15) is 11.8 Å². The fourth-order valence-corrected chi connectivity index (χ4v) is 3.18. The second kappa shape index (κ2) is 17.3. The first-order valence-electron chi connectivity index (χ1n) is 10.7. The highest BCUT2D eigenvalue weighted by molar-refractivity contribution is 7.98. The highest BCUT2D eigenvalue weighted by atomic mass is 32.2. The molecule has 0 rings (SSSR count). The number of aliphatic carboxylic acids is 2. The molecule has 16 heteroatoms. The second-order valence-corrected chi connectivity index (χ2v) is 8.46. The van der Waals surface area contributed by atoms with Crippen molar-refractivity contribution in [2.24, 2.45) is 22.2 Å². The fourth-order valence-electron chi connectivity index (χ4n) is 2.69. The number of nitrogens with zero attached hydrogens (tertiary/aromatic N) is 1. The van der Waals surface area contributed by atoms with Crippen LogP contribution in [-0.2, 0) is 24.0 Å². The van der Waals surface area contributed by atoms with Crippen LogP contribution in [0.2, 0.25) is 0 Å².